The number of hydrogen-bond acceptors (Lipinski definition) is 5. The molecule has 3 rings (SSSR count). The Morgan fingerprint density at radius 3 is 2.54 bits per heavy atom. The lowest BCUT2D eigenvalue weighted by atomic mass is 10.2. The Hall–Kier alpha value is -3.22. The highest BCUT2D eigenvalue weighted by atomic mass is 16.5. The van der Waals surface area contributed by atoms with Gasteiger partial charge in [-0.1, -0.05) is 42.5 Å². The third-order valence-corrected chi connectivity index (χ3v) is 3.84. The average molecular weight is 351 g/mol. The molecule has 2 aromatic carbocycles. The van der Waals surface area contributed by atoms with Crippen LogP contribution in [0.3, 0.4) is 0 Å². The third-order valence-electron chi connectivity index (χ3n) is 3.84. The predicted molar refractivity (Wildman–Crippen MR) is 97.3 cm³/mol. The van der Waals surface area contributed by atoms with Gasteiger partial charge in [0.1, 0.15) is 12.3 Å². The van der Waals surface area contributed by atoms with Gasteiger partial charge in [-0.3, -0.25) is 4.79 Å². The van der Waals surface area contributed by atoms with Crippen LogP contribution in [0.4, 0.5) is 0 Å². The van der Waals surface area contributed by atoms with Gasteiger partial charge in [-0.2, -0.15) is 4.80 Å². The number of likely N-dealkylation sites (N-methyl/N-ethyl adjacent to an activating group) is 1. The lowest BCUT2D eigenvalue weighted by Gasteiger charge is -2.17. The van der Waals surface area contributed by atoms with Gasteiger partial charge in [-0.25, -0.2) is 0 Å². The van der Waals surface area contributed by atoms with Crippen molar-refractivity contribution < 1.29 is 9.53 Å². The molecule has 26 heavy (non-hydrogen) atoms. The zero-order valence-corrected chi connectivity index (χ0v) is 14.9. The van der Waals surface area contributed by atoms with Crippen LogP contribution in [0, 0.1) is 0 Å². The Bertz CT molecular complexity index is 846. The molecule has 0 saturated carbocycles. The first-order chi connectivity index (χ1) is 12.7. The molecule has 7 nitrogen and oxygen atoms in total. The number of amides is 1. The maximum absolute atomic E-state index is 12.4. The fraction of sp³-hybridized carbons (Fsp3) is 0.263. The van der Waals surface area contributed by atoms with Crippen LogP contribution in [0.15, 0.2) is 54.6 Å². The zero-order valence-electron chi connectivity index (χ0n) is 14.9. The fourth-order valence-corrected chi connectivity index (χ4v) is 2.47. The number of benzene rings is 2. The molecule has 7 heteroatoms. The predicted octanol–water partition coefficient (Wildman–Crippen LogP) is 2.40. The molecule has 0 radical (unpaired) electrons. The van der Waals surface area contributed by atoms with Crippen molar-refractivity contribution in [1.29, 1.82) is 0 Å². The van der Waals surface area contributed by atoms with Crippen LogP contribution in [0.2, 0.25) is 0 Å². The molecule has 0 N–H and O–H groups in total. The molecular weight excluding hydrogens is 330 g/mol. The van der Waals surface area contributed by atoms with Crippen molar-refractivity contribution in [2.75, 3.05) is 13.7 Å². The number of aromatic nitrogens is 4. The molecule has 0 atom stereocenters. The molecule has 134 valence electrons. The van der Waals surface area contributed by atoms with E-state index in [1.165, 1.54) is 4.80 Å². The van der Waals surface area contributed by atoms with Gasteiger partial charge in [0.2, 0.25) is 11.7 Å². The van der Waals surface area contributed by atoms with Crippen molar-refractivity contribution in [3.63, 3.8) is 0 Å². The number of hydrogen-bond donors (Lipinski definition) is 0. The molecule has 0 bridgehead atoms. The average Bonchev–Trinajstić information content (AvgIpc) is 3.13. The molecule has 0 spiro atoms. The van der Waals surface area contributed by atoms with Crippen LogP contribution in [0.1, 0.15) is 12.5 Å². The highest BCUT2D eigenvalue weighted by molar-refractivity contribution is 5.75. The summed E-state index contributed by atoms with van der Waals surface area (Å²) in [7, 11) is 1.76. The van der Waals surface area contributed by atoms with E-state index in [2.05, 4.69) is 15.4 Å². The quantitative estimate of drug-likeness (QED) is 0.653. The summed E-state index contributed by atoms with van der Waals surface area (Å²) < 4.78 is 5.42. The summed E-state index contributed by atoms with van der Waals surface area (Å²) in [5, 5.41) is 12.2. The molecule has 1 aromatic heterocycles. The molecule has 0 fully saturated rings. The topological polar surface area (TPSA) is 73.1 Å². The van der Waals surface area contributed by atoms with E-state index in [9.17, 15) is 4.79 Å². The van der Waals surface area contributed by atoms with Gasteiger partial charge in [-0.05, 0) is 29.8 Å². The van der Waals surface area contributed by atoms with Crippen molar-refractivity contribution in [2.24, 2.45) is 0 Å². The molecule has 1 amide bonds. The molecule has 1 heterocycles. The van der Waals surface area contributed by atoms with Crippen molar-refractivity contribution >= 4 is 5.91 Å². The minimum atomic E-state index is -0.0871. The minimum Gasteiger partial charge on any atom is -0.494 e. The lowest BCUT2D eigenvalue weighted by Crippen LogP contribution is -2.30. The van der Waals surface area contributed by atoms with E-state index < -0.39 is 0 Å². The Morgan fingerprint density at radius 1 is 1.12 bits per heavy atom. The van der Waals surface area contributed by atoms with Crippen molar-refractivity contribution in [2.45, 2.75) is 20.0 Å². The zero-order chi connectivity index (χ0) is 18.4. The summed E-state index contributed by atoms with van der Waals surface area (Å²) >= 11 is 0. The molecular formula is C19H21N5O2. The summed E-state index contributed by atoms with van der Waals surface area (Å²) in [6.07, 6.45) is 0. The number of nitrogens with zero attached hydrogens (tertiary/aromatic N) is 5. The van der Waals surface area contributed by atoms with E-state index in [1.54, 1.807) is 11.9 Å². The molecule has 0 aliphatic carbocycles. The van der Waals surface area contributed by atoms with E-state index >= 15 is 0 Å². The summed E-state index contributed by atoms with van der Waals surface area (Å²) in [6.45, 7) is 3.13. The highest BCUT2D eigenvalue weighted by Gasteiger charge is 2.13. The third kappa shape index (κ3) is 4.44. The van der Waals surface area contributed by atoms with Gasteiger partial charge in [0.25, 0.3) is 0 Å². The van der Waals surface area contributed by atoms with Gasteiger partial charge in [0, 0.05) is 19.2 Å². The first kappa shape index (κ1) is 17.6. The Balaban J connectivity index is 1.58. The van der Waals surface area contributed by atoms with Crippen LogP contribution in [-0.2, 0) is 17.9 Å². The molecule has 3 aromatic rings. The summed E-state index contributed by atoms with van der Waals surface area (Å²) in [6, 6.07) is 17.3. The normalized spacial score (nSPS) is 10.5. The van der Waals surface area contributed by atoms with Crippen LogP contribution in [0.5, 0.6) is 5.75 Å². The van der Waals surface area contributed by atoms with E-state index in [1.807, 2.05) is 61.5 Å². The SMILES string of the molecule is CCOc1ccc(CN(C)C(=O)Cn2nnc(-c3ccccc3)n2)cc1. The molecule has 0 unspecified atom stereocenters. The second-order valence-electron chi connectivity index (χ2n) is 5.84. The molecule has 0 aliphatic rings. The summed E-state index contributed by atoms with van der Waals surface area (Å²) in [4.78, 5) is 15.4. The Kier molecular flexibility index (Phi) is 5.58. The smallest absolute Gasteiger partial charge is 0.246 e. The monoisotopic (exact) mass is 351 g/mol. The maximum Gasteiger partial charge on any atom is 0.246 e. The van der Waals surface area contributed by atoms with Crippen molar-refractivity contribution in [3.05, 3.63) is 60.2 Å². The van der Waals surface area contributed by atoms with Crippen LogP contribution < -0.4 is 4.74 Å². The van der Waals surface area contributed by atoms with Gasteiger partial charge < -0.3 is 9.64 Å². The van der Waals surface area contributed by atoms with Crippen molar-refractivity contribution in [1.82, 2.24) is 25.1 Å². The first-order valence-corrected chi connectivity index (χ1v) is 8.44. The van der Waals surface area contributed by atoms with Crippen molar-refractivity contribution in [3.8, 4) is 17.1 Å². The molecule has 0 aliphatic heterocycles. The largest absolute Gasteiger partial charge is 0.494 e. The van der Waals surface area contributed by atoms with Gasteiger partial charge >= 0.3 is 0 Å². The number of ether oxygens (including phenoxy) is 1. The second-order valence-corrected chi connectivity index (χ2v) is 5.84. The van der Waals surface area contributed by atoms with Crippen LogP contribution >= 0.6 is 0 Å². The summed E-state index contributed by atoms with van der Waals surface area (Å²) in [5.41, 5.74) is 1.90. The van der Waals surface area contributed by atoms with E-state index in [0.29, 0.717) is 19.0 Å². The Labute approximate surface area is 152 Å². The highest BCUT2D eigenvalue weighted by Crippen LogP contribution is 2.14. The van der Waals surface area contributed by atoms with E-state index in [-0.39, 0.29) is 12.5 Å². The first-order valence-electron chi connectivity index (χ1n) is 8.44. The number of rotatable bonds is 7. The van der Waals surface area contributed by atoms with Crippen LogP contribution in [-0.4, -0.2) is 44.7 Å². The number of tetrazole rings is 1. The number of carbonyl (C=O) groups is 1. The van der Waals surface area contributed by atoms with Gasteiger partial charge in [0.15, 0.2) is 0 Å². The summed E-state index contributed by atoms with van der Waals surface area (Å²) in [5.74, 6) is 1.24. The maximum atomic E-state index is 12.4. The second kappa shape index (κ2) is 8.24. The fourth-order valence-electron chi connectivity index (χ4n) is 2.47. The van der Waals surface area contributed by atoms with Gasteiger partial charge in [-0.15, -0.1) is 10.2 Å². The molecule has 0 saturated heterocycles. The lowest BCUT2D eigenvalue weighted by molar-refractivity contribution is -0.131. The van der Waals surface area contributed by atoms with Gasteiger partial charge in [0.05, 0.1) is 6.61 Å². The Morgan fingerprint density at radius 2 is 1.85 bits per heavy atom. The minimum absolute atomic E-state index is 0.0490. The van der Waals surface area contributed by atoms with E-state index in [4.69, 9.17) is 4.74 Å². The van der Waals surface area contributed by atoms with Crippen LogP contribution in [0.25, 0.3) is 11.4 Å². The standard InChI is InChI=1S/C19H21N5O2/c1-3-26-17-11-9-15(10-12-17)13-23(2)18(25)14-24-21-19(20-22-24)16-7-5-4-6-8-16/h4-12H,3,13-14H2,1-2H3. The van der Waals surface area contributed by atoms with E-state index in [0.717, 1.165) is 16.9 Å². The number of carbonyl (C=O) groups excluding carboxylic acids is 1.